The van der Waals surface area contributed by atoms with Gasteiger partial charge in [-0.3, -0.25) is 9.59 Å². The number of benzene rings is 2. The van der Waals surface area contributed by atoms with Gasteiger partial charge in [-0.25, -0.2) is 0 Å². The second-order valence-electron chi connectivity index (χ2n) is 5.80. The predicted molar refractivity (Wildman–Crippen MR) is 90.0 cm³/mol. The summed E-state index contributed by atoms with van der Waals surface area (Å²) in [6.07, 6.45) is 1.70. The maximum atomic E-state index is 12.8. The van der Waals surface area contributed by atoms with Crippen molar-refractivity contribution in [3.8, 4) is 0 Å². The highest BCUT2D eigenvalue weighted by molar-refractivity contribution is 5.91. The molecule has 3 rings (SSSR count). The Morgan fingerprint density at radius 3 is 2.52 bits per heavy atom. The average Bonchev–Trinajstić information content (AvgIpc) is 2.60. The first-order chi connectivity index (χ1) is 11.2. The standard InChI is InChI=1S/C20H19NO2/c1-2-20(23)21-13-16-10-6-7-11-17(16)18(14-21)19(22)12-15-8-4-3-5-9-15/h2-11,18H,1,12-14H2/t18-/m1/s1. The van der Waals surface area contributed by atoms with E-state index in [0.29, 0.717) is 19.5 Å². The summed E-state index contributed by atoms with van der Waals surface area (Å²) in [7, 11) is 0. The molecular weight excluding hydrogens is 286 g/mol. The third-order valence-corrected chi connectivity index (χ3v) is 4.29. The molecule has 2 aromatic carbocycles. The van der Waals surface area contributed by atoms with E-state index in [-0.39, 0.29) is 17.6 Å². The van der Waals surface area contributed by atoms with Gasteiger partial charge < -0.3 is 4.90 Å². The first-order valence-electron chi connectivity index (χ1n) is 7.75. The monoisotopic (exact) mass is 305 g/mol. The lowest BCUT2D eigenvalue weighted by Gasteiger charge is -2.33. The molecule has 0 N–H and O–H groups in total. The van der Waals surface area contributed by atoms with Crippen LogP contribution >= 0.6 is 0 Å². The van der Waals surface area contributed by atoms with Crippen LogP contribution in [0.1, 0.15) is 22.6 Å². The summed E-state index contributed by atoms with van der Waals surface area (Å²) in [5.41, 5.74) is 3.09. The highest BCUT2D eigenvalue weighted by atomic mass is 16.2. The molecule has 0 bridgehead atoms. The molecular formula is C20H19NO2. The lowest BCUT2D eigenvalue weighted by molar-refractivity contribution is -0.128. The minimum Gasteiger partial charge on any atom is -0.334 e. The largest absolute Gasteiger partial charge is 0.334 e. The summed E-state index contributed by atoms with van der Waals surface area (Å²) in [6, 6.07) is 17.6. The zero-order chi connectivity index (χ0) is 16.2. The molecule has 1 amide bonds. The van der Waals surface area contributed by atoms with E-state index in [9.17, 15) is 9.59 Å². The van der Waals surface area contributed by atoms with Crippen molar-refractivity contribution in [1.82, 2.24) is 4.90 Å². The van der Waals surface area contributed by atoms with Crippen LogP contribution in [-0.2, 0) is 22.6 Å². The van der Waals surface area contributed by atoms with Gasteiger partial charge in [0.1, 0.15) is 5.78 Å². The summed E-state index contributed by atoms with van der Waals surface area (Å²) < 4.78 is 0. The molecule has 0 radical (unpaired) electrons. The normalized spacial score (nSPS) is 16.5. The number of nitrogens with zero attached hydrogens (tertiary/aromatic N) is 1. The van der Waals surface area contributed by atoms with E-state index in [0.717, 1.165) is 16.7 Å². The number of hydrogen-bond donors (Lipinski definition) is 0. The van der Waals surface area contributed by atoms with E-state index >= 15 is 0 Å². The number of carbonyl (C=O) groups is 2. The fraction of sp³-hybridized carbons (Fsp3) is 0.200. The van der Waals surface area contributed by atoms with Gasteiger partial charge in [-0.1, -0.05) is 61.2 Å². The van der Waals surface area contributed by atoms with Gasteiger partial charge in [-0.05, 0) is 22.8 Å². The van der Waals surface area contributed by atoms with E-state index in [1.165, 1.54) is 6.08 Å². The maximum absolute atomic E-state index is 12.8. The summed E-state index contributed by atoms with van der Waals surface area (Å²) in [4.78, 5) is 26.5. The predicted octanol–water partition coefficient (Wildman–Crippen LogP) is 3.11. The van der Waals surface area contributed by atoms with E-state index in [4.69, 9.17) is 0 Å². The lowest BCUT2D eigenvalue weighted by atomic mass is 9.84. The zero-order valence-corrected chi connectivity index (χ0v) is 12.9. The Morgan fingerprint density at radius 1 is 1.09 bits per heavy atom. The van der Waals surface area contributed by atoms with E-state index in [1.807, 2.05) is 54.6 Å². The van der Waals surface area contributed by atoms with Crippen LogP contribution in [0.5, 0.6) is 0 Å². The Hall–Kier alpha value is -2.68. The van der Waals surface area contributed by atoms with Crippen molar-refractivity contribution >= 4 is 11.7 Å². The molecule has 1 atom stereocenters. The number of fused-ring (bicyclic) bond motifs is 1. The molecule has 2 aromatic rings. The summed E-state index contributed by atoms with van der Waals surface area (Å²) >= 11 is 0. The van der Waals surface area contributed by atoms with Crippen LogP contribution in [0.2, 0.25) is 0 Å². The smallest absolute Gasteiger partial charge is 0.246 e. The molecule has 1 heterocycles. The molecule has 0 saturated heterocycles. The van der Waals surface area contributed by atoms with Crippen molar-refractivity contribution in [2.24, 2.45) is 0 Å². The summed E-state index contributed by atoms with van der Waals surface area (Å²) in [5, 5.41) is 0. The van der Waals surface area contributed by atoms with Crippen molar-refractivity contribution in [2.75, 3.05) is 6.54 Å². The molecule has 0 unspecified atom stereocenters. The van der Waals surface area contributed by atoms with Crippen LogP contribution < -0.4 is 0 Å². The minimum atomic E-state index is -0.274. The van der Waals surface area contributed by atoms with Gasteiger partial charge in [0.05, 0.1) is 5.92 Å². The number of rotatable bonds is 4. The van der Waals surface area contributed by atoms with Crippen molar-refractivity contribution in [1.29, 1.82) is 0 Å². The first-order valence-corrected chi connectivity index (χ1v) is 7.75. The number of Topliss-reactive ketones (excluding diaryl/α,β-unsaturated/α-hetero) is 1. The second-order valence-corrected chi connectivity index (χ2v) is 5.80. The van der Waals surface area contributed by atoms with E-state index in [1.54, 1.807) is 4.90 Å². The molecule has 3 heteroatoms. The fourth-order valence-corrected chi connectivity index (χ4v) is 3.10. The van der Waals surface area contributed by atoms with Crippen molar-refractivity contribution < 1.29 is 9.59 Å². The Kier molecular flexibility index (Phi) is 4.38. The minimum absolute atomic E-state index is 0.128. The number of ketones is 1. The molecule has 116 valence electrons. The Balaban J connectivity index is 1.88. The molecule has 0 aliphatic carbocycles. The van der Waals surface area contributed by atoms with Crippen molar-refractivity contribution in [2.45, 2.75) is 18.9 Å². The molecule has 1 aliphatic heterocycles. The third-order valence-electron chi connectivity index (χ3n) is 4.29. The molecule has 0 aromatic heterocycles. The molecule has 3 nitrogen and oxygen atoms in total. The number of hydrogen-bond acceptors (Lipinski definition) is 2. The van der Waals surface area contributed by atoms with E-state index < -0.39 is 0 Å². The number of amides is 1. The summed E-state index contributed by atoms with van der Waals surface area (Å²) in [5.74, 6) is -0.258. The maximum Gasteiger partial charge on any atom is 0.246 e. The molecule has 23 heavy (non-hydrogen) atoms. The second kappa shape index (κ2) is 6.61. The van der Waals surface area contributed by atoms with Crippen molar-refractivity contribution in [3.05, 3.63) is 83.9 Å². The average molecular weight is 305 g/mol. The molecule has 0 spiro atoms. The Bertz CT molecular complexity index is 736. The topological polar surface area (TPSA) is 37.4 Å². The highest BCUT2D eigenvalue weighted by Crippen LogP contribution is 2.30. The lowest BCUT2D eigenvalue weighted by Crippen LogP contribution is -2.40. The Morgan fingerprint density at radius 2 is 1.78 bits per heavy atom. The van der Waals surface area contributed by atoms with Gasteiger partial charge in [-0.15, -0.1) is 0 Å². The highest BCUT2D eigenvalue weighted by Gasteiger charge is 2.31. The van der Waals surface area contributed by atoms with Gasteiger partial charge in [0.15, 0.2) is 0 Å². The van der Waals surface area contributed by atoms with Crippen LogP contribution in [0.3, 0.4) is 0 Å². The van der Waals surface area contributed by atoms with Gasteiger partial charge in [-0.2, -0.15) is 0 Å². The quantitative estimate of drug-likeness (QED) is 0.814. The summed E-state index contributed by atoms with van der Waals surface area (Å²) in [6.45, 7) is 4.52. The number of carbonyl (C=O) groups excluding carboxylic acids is 2. The zero-order valence-electron chi connectivity index (χ0n) is 12.9. The van der Waals surface area contributed by atoms with Crippen molar-refractivity contribution in [3.63, 3.8) is 0 Å². The van der Waals surface area contributed by atoms with Gasteiger partial charge in [0.2, 0.25) is 5.91 Å². The van der Waals surface area contributed by atoms with E-state index in [2.05, 4.69) is 6.58 Å². The van der Waals surface area contributed by atoms with Crippen LogP contribution in [0.4, 0.5) is 0 Å². The third kappa shape index (κ3) is 3.24. The Labute approximate surface area is 136 Å². The van der Waals surface area contributed by atoms with Gasteiger partial charge in [0.25, 0.3) is 0 Å². The molecule has 0 fully saturated rings. The van der Waals surface area contributed by atoms with Crippen LogP contribution in [-0.4, -0.2) is 23.1 Å². The van der Waals surface area contributed by atoms with Gasteiger partial charge in [0, 0.05) is 19.5 Å². The van der Waals surface area contributed by atoms with Gasteiger partial charge >= 0.3 is 0 Å². The SMILES string of the molecule is C=CC(=O)N1Cc2ccccc2[C@H](C(=O)Cc2ccccc2)C1. The van der Waals surface area contributed by atoms with Crippen LogP contribution in [0, 0.1) is 0 Å². The van der Waals surface area contributed by atoms with Crippen LogP contribution in [0.15, 0.2) is 67.3 Å². The fourth-order valence-electron chi connectivity index (χ4n) is 3.10. The molecule has 0 saturated carbocycles. The molecule has 1 aliphatic rings. The van der Waals surface area contributed by atoms with Crippen LogP contribution in [0.25, 0.3) is 0 Å². The first kappa shape index (κ1) is 15.2.